The lowest BCUT2D eigenvalue weighted by atomic mass is 9.84. The first-order valence-corrected chi connectivity index (χ1v) is 10.4. The highest BCUT2D eigenvalue weighted by Crippen LogP contribution is 2.41. The van der Waals surface area contributed by atoms with Crippen molar-refractivity contribution in [1.29, 1.82) is 0 Å². The zero-order valence-corrected chi connectivity index (χ0v) is 17.4. The molecule has 1 saturated heterocycles. The molecule has 4 rings (SSSR count). The highest BCUT2D eigenvalue weighted by atomic mass is 19.4. The van der Waals surface area contributed by atoms with Gasteiger partial charge in [-0.3, -0.25) is 15.0 Å². The number of piperazine rings is 1. The molecular weight excluding hydrogens is 403 g/mol. The number of hydrogen-bond acceptors (Lipinski definition) is 4. The van der Waals surface area contributed by atoms with E-state index in [1.165, 1.54) is 17.8 Å². The molecule has 1 aliphatic rings. The predicted molar refractivity (Wildman–Crippen MR) is 112 cm³/mol. The van der Waals surface area contributed by atoms with E-state index in [2.05, 4.69) is 37.1 Å². The second-order valence-corrected chi connectivity index (χ2v) is 8.00. The van der Waals surface area contributed by atoms with Crippen LogP contribution in [0.2, 0.25) is 0 Å². The van der Waals surface area contributed by atoms with Gasteiger partial charge < -0.3 is 4.90 Å². The zero-order valence-electron chi connectivity index (χ0n) is 17.4. The minimum absolute atomic E-state index is 0.143. The number of aromatic amines is 1. The van der Waals surface area contributed by atoms with Gasteiger partial charge in [-0.1, -0.05) is 36.4 Å². The minimum atomic E-state index is -4.53. The van der Waals surface area contributed by atoms with Crippen LogP contribution in [0.15, 0.2) is 60.9 Å². The van der Waals surface area contributed by atoms with Crippen LogP contribution in [0.4, 0.5) is 13.2 Å². The lowest BCUT2D eigenvalue weighted by Crippen LogP contribution is -2.55. The Kier molecular flexibility index (Phi) is 6.11. The Labute approximate surface area is 179 Å². The maximum atomic E-state index is 13.8. The third-order valence-electron chi connectivity index (χ3n) is 6.19. The predicted octanol–water partition coefficient (Wildman–Crippen LogP) is 3.95. The number of benzene rings is 1. The summed E-state index contributed by atoms with van der Waals surface area (Å²) in [6.45, 7) is 5.63. The standard InChI is InChI=1S/C23H26F3N5/c1-22(20-9-12-28-29-20,19-8-5-11-27-21(19)23(24,25)26)31-16-14-30(15-17-31)13-10-18-6-3-2-4-7-18/h2-9,11-12H,10,13-17H2,1H3,(H,28,29). The number of nitrogens with zero attached hydrogens (tertiary/aromatic N) is 4. The molecule has 5 nitrogen and oxygen atoms in total. The highest BCUT2D eigenvalue weighted by molar-refractivity contribution is 5.38. The van der Waals surface area contributed by atoms with E-state index in [-0.39, 0.29) is 5.56 Å². The van der Waals surface area contributed by atoms with E-state index in [0.29, 0.717) is 18.8 Å². The van der Waals surface area contributed by atoms with Crippen LogP contribution < -0.4 is 0 Å². The summed E-state index contributed by atoms with van der Waals surface area (Å²) in [5, 5.41) is 6.92. The van der Waals surface area contributed by atoms with Gasteiger partial charge in [0.25, 0.3) is 0 Å². The Balaban J connectivity index is 1.55. The SMILES string of the molecule is CC(c1ccn[nH]1)(c1cccnc1C(F)(F)F)N1CCN(CCc2ccccc2)CC1. The number of halogens is 3. The molecule has 1 atom stereocenters. The normalized spacial score (nSPS) is 18.1. The van der Waals surface area contributed by atoms with Crippen molar-refractivity contribution in [3.8, 4) is 0 Å². The molecule has 1 unspecified atom stereocenters. The van der Waals surface area contributed by atoms with Crippen LogP contribution in [0.1, 0.15) is 29.4 Å². The summed E-state index contributed by atoms with van der Waals surface area (Å²) in [5.74, 6) is 0. The number of alkyl halides is 3. The molecule has 1 fully saturated rings. The average molecular weight is 429 g/mol. The van der Waals surface area contributed by atoms with Crippen LogP contribution in [-0.4, -0.2) is 57.7 Å². The minimum Gasteiger partial charge on any atom is -0.300 e. The van der Waals surface area contributed by atoms with Crippen molar-refractivity contribution in [3.63, 3.8) is 0 Å². The zero-order chi connectivity index (χ0) is 21.9. The number of hydrogen-bond donors (Lipinski definition) is 1. The van der Waals surface area contributed by atoms with Crippen LogP contribution in [-0.2, 0) is 18.1 Å². The van der Waals surface area contributed by atoms with Crippen LogP contribution >= 0.6 is 0 Å². The van der Waals surface area contributed by atoms with E-state index >= 15 is 0 Å². The molecule has 1 N–H and O–H groups in total. The molecule has 1 aromatic carbocycles. The number of H-pyrrole nitrogens is 1. The molecule has 0 saturated carbocycles. The summed E-state index contributed by atoms with van der Waals surface area (Å²) >= 11 is 0. The van der Waals surface area contributed by atoms with Crippen molar-refractivity contribution in [2.24, 2.45) is 0 Å². The van der Waals surface area contributed by atoms with Crippen LogP contribution in [0.5, 0.6) is 0 Å². The number of rotatable bonds is 6. The third-order valence-corrected chi connectivity index (χ3v) is 6.19. The Morgan fingerprint density at radius 2 is 1.68 bits per heavy atom. The lowest BCUT2D eigenvalue weighted by Gasteiger charge is -2.46. The van der Waals surface area contributed by atoms with Crippen LogP contribution in [0.25, 0.3) is 0 Å². The molecule has 31 heavy (non-hydrogen) atoms. The summed E-state index contributed by atoms with van der Waals surface area (Å²) in [7, 11) is 0. The molecule has 0 amide bonds. The fourth-order valence-electron chi connectivity index (χ4n) is 4.39. The van der Waals surface area contributed by atoms with Gasteiger partial charge in [-0.15, -0.1) is 0 Å². The molecule has 2 aromatic heterocycles. The Hall–Kier alpha value is -2.71. The molecule has 3 heterocycles. The monoisotopic (exact) mass is 429 g/mol. The first-order chi connectivity index (χ1) is 14.9. The first-order valence-electron chi connectivity index (χ1n) is 10.4. The molecule has 0 bridgehead atoms. The Morgan fingerprint density at radius 3 is 2.32 bits per heavy atom. The second-order valence-electron chi connectivity index (χ2n) is 8.00. The van der Waals surface area contributed by atoms with Crippen molar-refractivity contribution < 1.29 is 13.2 Å². The molecule has 0 radical (unpaired) electrons. The van der Waals surface area contributed by atoms with E-state index in [9.17, 15) is 13.2 Å². The van der Waals surface area contributed by atoms with Crippen molar-refractivity contribution in [2.45, 2.75) is 25.1 Å². The summed E-state index contributed by atoms with van der Waals surface area (Å²) in [6, 6.07) is 15.2. The summed E-state index contributed by atoms with van der Waals surface area (Å²) in [6.07, 6.45) is -0.802. The van der Waals surface area contributed by atoms with Gasteiger partial charge in [0.15, 0.2) is 0 Å². The van der Waals surface area contributed by atoms with Gasteiger partial charge in [0, 0.05) is 50.7 Å². The van der Waals surface area contributed by atoms with Crippen LogP contribution in [0, 0.1) is 0 Å². The van der Waals surface area contributed by atoms with Gasteiger partial charge in [0.05, 0.1) is 11.2 Å². The van der Waals surface area contributed by atoms with Gasteiger partial charge in [0.2, 0.25) is 0 Å². The fraction of sp³-hybridized carbons (Fsp3) is 0.391. The first kappa shape index (κ1) is 21.5. The average Bonchev–Trinajstić information content (AvgIpc) is 3.33. The molecule has 0 spiro atoms. The highest BCUT2D eigenvalue weighted by Gasteiger charge is 2.46. The van der Waals surface area contributed by atoms with Gasteiger partial charge >= 0.3 is 6.18 Å². The van der Waals surface area contributed by atoms with Crippen molar-refractivity contribution >= 4 is 0 Å². The number of nitrogens with one attached hydrogen (secondary N) is 1. The third kappa shape index (κ3) is 4.50. The summed E-state index contributed by atoms with van der Waals surface area (Å²) in [5.41, 5.74) is 0.199. The lowest BCUT2D eigenvalue weighted by molar-refractivity contribution is -0.143. The quantitative estimate of drug-likeness (QED) is 0.645. The van der Waals surface area contributed by atoms with Crippen molar-refractivity contribution in [2.75, 3.05) is 32.7 Å². The summed E-state index contributed by atoms with van der Waals surface area (Å²) < 4.78 is 41.4. The van der Waals surface area contributed by atoms with E-state index in [1.807, 2.05) is 25.1 Å². The molecule has 164 valence electrons. The molecule has 3 aromatic rings. The topological polar surface area (TPSA) is 48.1 Å². The van der Waals surface area contributed by atoms with Crippen molar-refractivity contribution in [3.05, 3.63) is 83.4 Å². The van der Waals surface area contributed by atoms with E-state index in [4.69, 9.17) is 0 Å². The van der Waals surface area contributed by atoms with Crippen molar-refractivity contribution in [1.82, 2.24) is 25.0 Å². The van der Waals surface area contributed by atoms with Crippen LogP contribution in [0.3, 0.4) is 0 Å². The molecule has 8 heteroatoms. The largest absolute Gasteiger partial charge is 0.433 e. The summed E-state index contributed by atoms with van der Waals surface area (Å²) in [4.78, 5) is 8.17. The Morgan fingerprint density at radius 1 is 0.935 bits per heavy atom. The maximum Gasteiger partial charge on any atom is 0.433 e. The molecule has 1 aliphatic heterocycles. The smallest absolute Gasteiger partial charge is 0.300 e. The Bertz CT molecular complexity index is 966. The number of pyridine rings is 1. The van der Waals surface area contributed by atoms with E-state index in [1.54, 1.807) is 18.3 Å². The van der Waals surface area contributed by atoms with Gasteiger partial charge in [-0.05, 0) is 31.0 Å². The molecule has 0 aliphatic carbocycles. The number of aromatic nitrogens is 3. The second kappa shape index (κ2) is 8.80. The fourth-order valence-corrected chi connectivity index (χ4v) is 4.39. The maximum absolute atomic E-state index is 13.8. The van der Waals surface area contributed by atoms with E-state index in [0.717, 1.165) is 26.1 Å². The van der Waals surface area contributed by atoms with E-state index < -0.39 is 17.4 Å². The van der Waals surface area contributed by atoms with Gasteiger partial charge in [-0.2, -0.15) is 18.3 Å². The van der Waals surface area contributed by atoms with Gasteiger partial charge in [0.1, 0.15) is 5.69 Å². The van der Waals surface area contributed by atoms with Gasteiger partial charge in [-0.25, -0.2) is 0 Å². The molecular formula is C23H26F3N5.